The van der Waals surface area contributed by atoms with E-state index in [1.807, 2.05) is 0 Å². The van der Waals surface area contributed by atoms with Crippen LogP contribution in [0, 0.1) is 0 Å². The Balaban J connectivity index is 0.00000128. The molecule has 0 aliphatic carbocycles. The first kappa shape index (κ1) is 14.1. The van der Waals surface area contributed by atoms with E-state index < -0.39 is 10.1 Å². The van der Waals surface area contributed by atoms with Crippen LogP contribution in [-0.2, 0) is 10.1 Å². The maximum Gasteiger partial charge on any atom is 1.00 e. The molecule has 0 bridgehead atoms. The molecule has 2 aromatic rings. The van der Waals surface area contributed by atoms with Crippen molar-refractivity contribution in [3.8, 4) is 0 Å². The van der Waals surface area contributed by atoms with Gasteiger partial charge in [-0.05, 0) is 35.0 Å². The summed E-state index contributed by atoms with van der Waals surface area (Å²) in [6.45, 7) is 0. The van der Waals surface area contributed by atoms with Crippen LogP contribution in [0.15, 0.2) is 41.3 Å². The molecule has 0 aliphatic rings. The van der Waals surface area contributed by atoms with Crippen molar-refractivity contribution in [3.05, 3.63) is 36.4 Å². The minimum absolute atomic E-state index is 0. The number of nitrogen functional groups attached to an aromatic ring is 1. The number of fused-ring (bicyclic) bond motifs is 1. The summed E-state index contributed by atoms with van der Waals surface area (Å²) < 4.78 is 32.3. The van der Waals surface area contributed by atoms with Gasteiger partial charge in [-0.25, -0.2) is 8.42 Å². The smallest absolute Gasteiger partial charge is 0.744 e. The van der Waals surface area contributed by atoms with Gasteiger partial charge in [0.15, 0.2) is 0 Å². The molecule has 2 rings (SSSR count). The summed E-state index contributed by atoms with van der Waals surface area (Å²) in [6, 6.07) is 9.32. The summed E-state index contributed by atoms with van der Waals surface area (Å²) in [5.74, 6) is 0. The standard InChI is InChI=1S/C10H9NO3S.K/c11-9-3-1-7-2-4-10(15(12,13)14)6-8(7)5-9;/h1-6H,11H2,(H,12,13,14);/q;+1/p-1. The Morgan fingerprint density at radius 2 is 1.62 bits per heavy atom. The van der Waals surface area contributed by atoms with E-state index in [1.54, 1.807) is 24.3 Å². The Hall–Kier alpha value is 0.0464. The van der Waals surface area contributed by atoms with E-state index in [1.165, 1.54) is 12.1 Å². The van der Waals surface area contributed by atoms with Gasteiger partial charge in [-0.15, -0.1) is 0 Å². The zero-order chi connectivity index (χ0) is 11.1. The maximum atomic E-state index is 10.8. The number of hydrogen-bond acceptors (Lipinski definition) is 4. The second-order valence-electron chi connectivity index (χ2n) is 3.22. The molecule has 78 valence electrons. The van der Waals surface area contributed by atoms with Gasteiger partial charge in [0.25, 0.3) is 0 Å². The zero-order valence-electron chi connectivity index (χ0n) is 8.67. The normalized spacial score (nSPS) is 11.1. The minimum Gasteiger partial charge on any atom is -0.744 e. The first-order chi connectivity index (χ1) is 6.97. The quantitative estimate of drug-likeness (QED) is 0.378. The van der Waals surface area contributed by atoms with Gasteiger partial charge < -0.3 is 10.3 Å². The molecule has 16 heavy (non-hydrogen) atoms. The van der Waals surface area contributed by atoms with E-state index >= 15 is 0 Å². The third-order valence-electron chi connectivity index (χ3n) is 2.12. The molecule has 0 saturated carbocycles. The molecule has 2 N–H and O–H groups in total. The molecule has 0 unspecified atom stereocenters. The van der Waals surface area contributed by atoms with Crippen LogP contribution in [0.1, 0.15) is 0 Å². The van der Waals surface area contributed by atoms with Crippen LogP contribution in [0.3, 0.4) is 0 Å². The number of nitrogens with two attached hydrogens (primary N) is 1. The Morgan fingerprint density at radius 3 is 2.25 bits per heavy atom. The van der Waals surface area contributed by atoms with Crippen molar-refractivity contribution in [2.45, 2.75) is 4.90 Å². The number of rotatable bonds is 1. The second-order valence-corrected chi connectivity index (χ2v) is 4.60. The topological polar surface area (TPSA) is 83.2 Å². The second kappa shape index (κ2) is 5.13. The predicted octanol–water partition coefficient (Wildman–Crippen LogP) is -1.67. The fourth-order valence-electron chi connectivity index (χ4n) is 1.40. The van der Waals surface area contributed by atoms with Crippen molar-refractivity contribution in [2.24, 2.45) is 0 Å². The molecular formula is C10H8KNO3S. The molecule has 6 heteroatoms. The molecule has 2 aromatic carbocycles. The molecule has 0 atom stereocenters. The summed E-state index contributed by atoms with van der Waals surface area (Å²) in [6.07, 6.45) is 0. The molecule has 0 aromatic heterocycles. The third kappa shape index (κ3) is 3.04. The summed E-state index contributed by atoms with van der Waals surface area (Å²) >= 11 is 0. The average molecular weight is 261 g/mol. The summed E-state index contributed by atoms with van der Waals surface area (Å²) in [5.41, 5.74) is 6.09. The molecule has 0 fully saturated rings. The van der Waals surface area contributed by atoms with Crippen molar-refractivity contribution in [1.29, 1.82) is 0 Å². The molecule has 4 nitrogen and oxygen atoms in total. The summed E-state index contributed by atoms with van der Waals surface area (Å²) in [5, 5.41) is 1.49. The molecule has 0 radical (unpaired) electrons. The van der Waals surface area contributed by atoms with Gasteiger partial charge in [0.05, 0.1) is 4.90 Å². The van der Waals surface area contributed by atoms with Gasteiger partial charge >= 0.3 is 51.4 Å². The number of hydrogen-bond donors (Lipinski definition) is 1. The first-order valence-electron chi connectivity index (χ1n) is 4.22. The van der Waals surface area contributed by atoms with Gasteiger partial charge in [-0.1, -0.05) is 12.1 Å². The van der Waals surface area contributed by atoms with E-state index in [0.29, 0.717) is 11.1 Å². The number of anilines is 1. The van der Waals surface area contributed by atoms with Crippen molar-refractivity contribution < 1.29 is 64.4 Å². The van der Waals surface area contributed by atoms with Crippen LogP contribution >= 0.6 is 0 Å². The Bertz CT molecular complexity index is 625. The maximum absolute atomic E-state index is 10.8. The van der Waals surface area contributed by atoms with Gasteiger partial charge in [-0.3, -0.25) is 0 Å². The van der Waals surface area contributed by atoms with Crippen LogP contribution in [-0.4, -0.2) is 13.0 Å². The van der Waals surface area contributed by atoms with Gasteiger partial charge in [-0.2, -0.15) is 0 Å². The van der Waals surface area contributed by atoms with Crippen LogP contribution in [0.4, 0.5) is 5.69 Å². The van der Waals surface area contributed by atoms with Gasteiger partial charge in [0.2, 0.25) is 0 Å². The monoisotopic (exact) mass is 261 g/mol. The minimum atomic E-state index is -4.40. The third-order valence-corrected chi connectivity index (χ3v) is 2.96. The zero-order valence-corrected chi connectivity index (χ0v) is 12.6. The molecular weight excluding hydrogens is 253 g/mol. The molecule has 0 amide bonds. The van der Waals surface area contributed by atoms with Crippen LogP contribution in [0.5, 0.6) is 0 Å². The largest absolute Gasteiger partial charge is 1.00 e. The number of benzene rings is 2. The van der Waals surface area contributed by atoms with E-state index in [0.717, 1.165) is 5.39 Å². The van der Waals surface area contributed by atoms with Crippen LogP contribution in [0.2, 0.25) is 0 Å². The average Bonchev–Trinajstić information content (AvgIpc) is 2.15. The van der Waals surface area contributed by atoms with E-state index in [9.17, 15) is 13.0 Å². The van der Waals surface area contributed by atoms with Crippen LogP contribution < -0.4 is 57.1 Å². The van der Waals surface area contributed by atoms with E-state index in [-0.39, 0.29) is 56.3 Å². The summed E-state index contributed by atoms with van der Waals surface area (Å²) in [4.78, 5) is -0.236. The Kier molecular flexibility index (Phi) is 4.53. The van der Waals surface area contributed by atoms with Crippen molar-refractivity contribution in [2.75, 3.05) is 5.73 Å². The predicted molar refractivity (Wildman–Crippen MR) is 56.3 cm³/mol. The SMILES string of the molecule is Nc1ccc2ccc(S(=O)(=O)[O-])cc2c1.[K+]. The van der Waals surface area contributed by atoms with Crippen molar-refractivity contribution in [3.63, 3.8) is 0 Å². The fourth-order valence-corrected chi connectivity index (χ4v) is 1.90. The fraction of sp³-hybridized carbons (Fsp3) is 0. The van der Waals surface area contributed by atoms with E-state index in [4.69, 9.17) is 5.73 Å². The van der Waals surface area contributed by atoms with Gasteiger partial charge in [0, 0.05) is 5.69 Å². The van der Waals surface area contributed by atoms with Crippen molar-refractivity contribution >= 4 is 26.6 Å². The molecule has 0 aliphatic heterocycles. The van der Waals surface area contributed by atoms with E-state index in [2.05, 4.69) is 0 Å². The van der Waals surface area contributed by atoms with Crippen LogP contribution in [0.25, 0.3) is 10.8 Å². The van der Waals surface area contributed by atoms with Gasteiger partial charge in [0.1, 0.15) is 10.1 Å². The Morgan fingerprint density at radius 1 is 1.00 bits per heavy atom. The van der Waals surface area contributed by atoms with Crippen molar-refractivity contribution in [1.82, 2.24) is 0 Å². The molecule has 0 heterocycles. The summed E-state index contributed by atoms with van der Waals surface area (Å²) in [7, 11) is -4.40. The molecule has 0 saturated heterocycles. The Labute approximate surface area is 136 Å². The first-order valence-corrected chi connectivity index (χ1v) is 5.63. The molecule has 0 spiro atoms.